The van der Waals surface area contributed by atoms with Crippen LogP contribution >= 0.6 is 0 Å². The second kappa shape index (κ2) is 6.19. The van der Waals surface area contributed by atoms with Crippen LogP contribution in [0.4, 0.5) is 0 Å². The topological polar surface area (TPSA) is 75.3 Å². The van der Waals surface area contributed by atoms with E-state index in [1.807, 2.05) is 0 Å². The third-order valence-corrected chi connectivity index (χ3v) is 4.31. The number of hydrogen-bond donors (Lipinski definition) is 2. The lowest BCUT2D eigenvalue weighted by Crippen LogP contribution is -2.29. The Morgan fingerprint density at radius 3 is 2.55 bits per heavy atom. The van der Waals surface area contributed by atoms with Crippen LogP contribution in [0, 0.1) is 0 Å². The van der Waals surface area contributed by atoms with Gasteiger partial charge in [-0.2, -0.15) is 0 Å². The molecule has 1 aromatic carbocycles. The maximum Gasteiger partial charge on any atom is 0.251 e. The van der Waals surface area contributed by atoms with Crippen molar-refractivity contribution in [2.24, 2.45) is 0 Å². The van der Waals surface area contributed by atoms with Gasteiger partial charge in [-0.1, -0.05) is 11.6 Å². The molecule has 0 aliphatic carbocycles. The zero-order chi connectivity index (χ0) is 14.6. The Kier molecular flexibility index (Phi) is 4.57. The van der Waals surface area contributed by atoms with Gasteiger partial charge in [-0.3, -0.25) is 4.79 Å². The van der Waals surface area contributed by atoms with Gasteiger partial charge in [0.15, 0.2) is 9.84 Å². The number of sulfone groups is 1. The Morgan fingerprint density at radius 1 is 1.30 bits per heavy atom. The third kappa shape index (κ3) is 3.91. The summed E-state index contributed by atoms with van der Waals surface area (Å²) in [7, 11) is -3.22. The van der Waals surface area contributed by atoms with Gasteiger partial charge in [-0.25, -0.2) is 8.42 Å². The van der Waals surface area contributed by atoms with Crippen LogP contribution in [0.15, 0.2) is 40.8 Å². The lowest BCUT2D eigenvalue weighted by molar-refractivity contribution is 0.0956. The summed E-state index contributed by atoms with van der Waals surface area (Å²) < 4.78 is 22.7. The molecular formula is C14H18N2O3S. The monoisotopic (exact) mass is 294 g/mol. The summed E-state index contributed by atoms with van der Waals surface area (Å²) in [6.07, 6.45) is 4.16. The van der Waals surface area contributed by atoms with Crippen molar-refractivity contribution in [3.63, 3.8) is 0 Å². The molecule has 0 radical (unpaired) electrons. The summed E-state index contributed by atoms with van der Waals surface area (Å²) >= 11 is 0. The number of rotatable bonds is 4. The van der Waals surface area contributed by atoms with E-state index in [-0.39, 0.29) is 10.8 Å². The fraction of sp³-hybridized carbons (Fsp3) is 0.357. The molecule has 108 valence electrons. The fourth-order valence-corrected chi connectivity index (χ4v) is 2.61. The van der Waals surface area contributed by atoms with Crippen molar-refractivity contribution in [2.75, 3.05) is 25.9 Å². The second-order valence-corrected chi connectivity index (χ2v) is 6.81. The molecule has 0 atom stereocenters. The van der Waals surface area contributed by atoms with E-state index >= 15 is 0 Å². The standard InChI is InChI=1S/C14H18N2O3S/c1-20(18,19)13-4-2-12(3-5-13)14(17)16-10-11-6-8-15-9-7-11/h2-6,15H,7-10H2,1H3,(H,16,17). The molecule has 20 heavy (non-hydrogen) atoms. The summed E-state index contributed by atoms with van der Waals surface area (Å²) in [6.45, 7) is 2.31. The Hall–Kier alpha value is -1.66. The smallest absolute Gasteiger partial charge is 0.251 e. The number of nitrogens with one attached hydrogen (secondary N) is 2. The third-order valence-electron chi connectivity index (χ3n) is 3.18. The van der Waals surface area contributed by atoms with Crippen LogP contribution in [0.25, 0.3) is 0 Å². The van der Waals surface area contributed by atoms with E-state index in [1.165, 1.54) is 29.8 Å². The molecule has 2 N–H and O–H groups in total. The summed E-state index contributed by atoms with van der Waals surface area (Å²) in [5.41, 5.74) is 1.68. The van der Waals surface area contributed by atoms with Crippen LogP contribution in [0.5, 0.6) is 0 Å². The van der Waals surface area contributed by atoms with Gasteiger partial charge in [0.25, 0.3) is 5.91 Å². The summed E-state index contributed by atoms with van der Waals surface area (Å²) in [5, 5.41) is 6.05. The van der Waals surface area contributed by atoms with Crippen LogP contribution in [0.2, 0.25) is 0 Å². The number of carbonyl (C=O) groups excluding carboxylic acids is 1. The van der Waals surface area contributed by atoms with Gasteiger partial charge in [0, 0.05) is 24.9 Å². The van der Waals surface area contributed by atoms with Crippen LogP contribution in [0.1, 0.15) is 16.8 Å². The molecule has 0 saturated carbocycles. The Balaban J connectivity index is 1.97. The van der Waals surface area contributed by atoms with Crippen LogP contribution < -0.4 is 10.6 Å². The van der Waals surface area contributed by atoms with E-state index in [4.69, 9.17) is 0 Å². The van der Waals surface area contributed by atoms with E-state index in [9.17, 15) is 13.2 Å². The van der Waals surface area contributed by atoms with Gasteiger partial charge in [0.05, 0.1) is 4.90 Å². The lowest BCUT2D eigenvalue weighted by Gasteiger charge is -2.14. The molecule has 1 aromatic rings. The maximum atomic E-state index is 11.9. The Bertz CT molecular complexity index is 618. The molecule has 1 amide bonds. The zero-order valence-corrected chi connectivity index (χ0v) is 12.2. The first-order valence-corrected chi connectivity index (χ1v) is 8.33. The van der Waals surface area contributed by atoms with Crippen LogP contribution in [-0.2, 0) is 9.84 Å². The molecule has 0 saturated heterocycles. The van der Waals surface area contributed by atoms with Crippen molar-refractivity contribution in [1.82, 2.24) is 10.6 Å². The molecule has 1 aliphatic rings. The highest BCUT2D eigenvalue weighted by molar-refractivity contribution is 7.90. The first-order chi connectivity index (χ1) is 9.47. The number of benzene rings is 1. The SMILES string of the molecule is CS(=O)(=O)c1ccc(C(=O)NCC2=CCNCC2)cc1. The average molecular weight is 294 g/mol. The number of hydrogen-bond acceptors (Lipinski definition) is 4. The maximum absolute atomic E-state index is 11.9. The van der Waals surface area contributed by atoms with Crippen molar-refractivity contribution in [2.45, 2.75) is 11.3 Å². The highest BCUT2D eigenvalue weighted by atomic mass is 32.2. The summed E-state index contributed by atoms with van der Waals surface area (Å²) in [6, 6.07) is 5.97. The molecule has 2 rings (SSSR count). The number of amides is 1. The molecule has 0 unspecified atom stereocenters. The minimum Gasteiger partial charge on any atom is -0.348 e. The molecular weight excluding hydrogens is 276 g/mol. The molecule has 6 heteroatoms. The summed E-state index contributed by atoms with van der Waals surface area (Å²) in [4.78, 5) is 12.2. The van der Waals surface area contributed by atoms with E-state index in [0.717, 1.165) is 25.8 Å². The van der Waals surface area contributed by atoms with E-state index in [2.05, 4.69) is 16.7 Å². The predicted octanol–water partition coefficient (Wildman–Crippen LogP) is 0.740. The molecule has 0 fully saturated rings. The van der Waals surface area contributed by atoms with Crippen molar-refractivity contribution >= 4 is 15.7 Å². The van der Waals surface area contributed by atoms with Gasteiger partial charge in [-0.15, -0.1) is 0 Å². The first-order valence-electron chi connectivity index (χ1n) is 6.44. The molecule has 1 aliphatic heterocycles. The normalized spacial score (nSPS) is 15.6. The molecule has 0 aromatic heterocycles. The minimum absolute atomic E-state index is 0.190. The largest absolute Gasteiger partial charge is 0.348 e. The predicted molar refractivity (Wildman–Crippen MR) is 77.5 cm³/mol. The lowest BCUT2D eigenvalue weighted by atomic mass is 10.1. The van der Waals surface area contributed by atoms with Gasteiger partial charge >= 0.3 is 0 Å². The summed E-state index contributed by atoms with van der Waals surface area (Å²) in [5.74, 6) is -0.190. The number of carbonyl (C=O) groups is 1. The van der Waals surface area contributed by atoms with E-state index in [1.54, 1.807) is 0 Å². The van der Waals surface area contributed by atoms with Crippen molar-refractivity contribution in [1.29, 1.82) is 0 Å². The molecule has 5 nitrogen and oxygen atoms in total. The van der Waals surface area contributed by atoms with Crippen molar-refractivity contribution in [3.05, 3.63) is 41.5 Å². The van der Waals surface area contributed by atoms with Gasteiger partial charge in [-0.05, 0) is 37.2 Å². The van der Waals surface area contributed by atoms with E-state index < -0.39 is 9.84 Å². The minimum atomic E-state index is -3.22. The van der Waals surface area contributed by atoms with Gasteiger partial charge < -0.3 is 10.6 Å². The highest BCUT2D eigenvalue weighted by Gasteiger charge is 2.10. The first kappa shape index (κ1) is 14.7. The van der Waals surface area contributed by atoms with Gasteiger partial charge in [0.2, 0.25) is 0 Å². The van der Waals surface area contributed by atoms with Crippen molar-refractivity contribution in [3.8, 4) is 0 Å². The van der Waals surface area contributed by atoms with Crippen LogP contribution in [0.3, 0.4) is 0 Å². The Labute approximate surface area is 119 Å². The van der Waals surface area contributed by atoms with Crippen LogP contribution in [-0.4, -0.2) is 40.2 Å². The van der Waals surface area contributed by atoms with Crippen molar-refractivity contribution < 1.29 is 13.2 Å². The molecule has 0 spiro atoms. The zero-order valence-electron chi connectivity index (χ0n) is 11.3. The fourth-order valence-electron chi connectivity index (χ4n) is 1.98. The average Bonchev–Trinajstić information content (AvgIpc) is 2.45. The molecule has 0 bridgehead atoms. The second-order valence-electron chi connectivity index (χ2n) is 4.80. The van der Waals surface area contributed by atoms with Gasteiger partial charge in [0.1, 0.15) is 0 Å². The highest BCUT2D eigenvalue weighted by Crippen LogP contribution is 2.10. The Morgan fingerprint density at radius 2 is 2.00 bits per heavy atom. The quantitative estimate of drug-likeness (QED) is 0.803. The van der Waals surface area contributed by atoms with E-state index in [0.29, 0.717) is 12.1 Å². The molecule has 1 heterocycles.